The average molecular weight is 1350 g/mol. The largest absolute Gasteiger partial charge is 0.482 e. The molecule has 0 radical (unpaired) electrons. The summed E-state index contributed by atoms with van der Waals surface area (Å²) in [4.78, 5) is 133. The fourth-order valence-electron chi connectivity index (χ4n) is 9.51. The third-order valence-corrected chi connectivity index (χ3v) is 14.4. The minimum Gasteiger partial charge on any atom is -0.482 e. The van der Waals surface area contributed by atoms with Crippen LogP contribution in [0.1, 0.15) is 165 Å². The van der Waals surface area contributed by atoms with E-state index in [1.54, 1.807) is 88.4 Å². The number of carboxylic acid groups (broad SMARTS) is 1. The molecule has 1 N–H and O–H groups in total. The molecule has 0 aliphatic carbocycles. The Morgan fingerprint density at radius 2 is 0.745 bits per heavy atom. The Kier molecular flexibility index (Phi) is 29.9. The number of aldehydes is 1. The molecule has 98 heavy (non-hydrogen) atoms. The van der Waals surface area contributed by atoms with Crippen LogP contribution in [0.25, 0.3) is 0 Å². The van der Waals surface area contributed by atoms with Crippen molar-refractivity contribution in [1.29, 1.82) is 0 Å². The van der Waals surface area contributed by atoms with E-state index in [0.29, 0.717) is 139 Å². The van der Waals surface area contributed by atoms with Gasteiger partial charge in [0.2, 0.25) is 0 Å². The van der Waals surface area contributed by atoms with Gasteiger partial charge in [0.05, 0.1) is 39.6 Å². The van der Waals surface area contributed by atoms with Crippen LogP contribution in [-0.2, 0) is 84.7 Å². The van der Waals surface area contributed by atoms with Gasteiger partial charge in [-0.15, -0.1) is 5.06 Å². The first kappa shape index (κ1) is 75.0. The fraction of sp³-hybridized carbons (Fsp3) is 0.347. The van der Waals surface area contributed by atoms with E-state index in [-0.39, 0.29) is 68.0 Å². The number of benzene rings is 6. The molecule has 26 heteroatoms. The first-order chi connectivity index (χ1) is 47.4. The number of rotatable bonds is 29. The molecule has 0 spiro atoms. The number of nitrogens with zero attached hydrogens (tertiary/aromatic N) is 1. The maximum atomic E-state index is 12.2. The van der Waals surface area contributed by atoms with E-state index in [9.17, 15) is 52.7 Å². The molecule has 4 heterocycles. The van der Waals surface area contributed by atoms with Crippen LogP contribution in [0.5, 0.6) is 23.0 Å². The molecule has 0 saturated carbocycles. The predicted octanol–water partition coefficient (Wildman–Crippen LogP) is 9.76. The zero-order valence-electron chi connectivity index (χ0n) is 54.4. The molecule has 6 aromatic rings. The summed E-state index contributed by atoms with van der Waals surface area (Å²) in [6.07, 6.45) is 0.153. The quantitative estimate of drug-likeness (QED) is 0.0197. The third-order valence-electron chi connectivity index (χ3n) is 14.4. The van der Waals surface area contributed by atoms with Crippen LogP contribution in [0.4, 0.5) is 0 Å². The van der Waals surface area contributed by atoms with Crippen LogP contribution >= 0.6 is 0 Å². The molecule has 4 aliphatic heterocycles. The maximum absolute atomic E-state index is 12.2. The Morgan fingerprint density at radius 3 is 1.08 bits per heavy atom. The highest BCUT2D eigenvalue weighted by atomic mass is 16.7. The van der Waals surface area contributed by atoms with E-state index in [1.165, 1.54) is 12.1 Å². The van der Waals surface area contributed by atoms with Crippen LogP contribution in [-0.4, -0.2) is 141 Å². The van der Waals surface area contributed by atoms with Gasteiger partial charge in [0.25, 0.3) is 11.8 Å². The number of amides is 2. The van der Waals surface area contributed by atoms with E-state index in [0.717, 1.165) is 11.1 Å². The Morgan fingerprint density at radius 1 is 0.429 bits per heavy atom. The predicted molar refractivity (Wildman–Crippen MR) is 343 cm³/mol. The molecule has 26 nitrogen and oxygen atoms in total. The van der Waals surface area contributed by atoms with Crippen molar-refractivity contribution in [3.63, 3.8) is 0 Å². The minimum absolute atomic E-state index is 0.00193. The second kappa shape index (κ2) is 39.0. The third kappa shape index (κ3) is 22.9. The van der Waals surface area contributed by atoms with Crippen molar-refractivity contribution in [3.8, 4) is 23.0 Å². The number of carboxylic acids is 1. The zero-order chi connectivity index (χ0) is 70.3. The summed E-state index contributed by atoms with van der Waals surface area (Å²) < 4.78 is 64.4. The van der Waals surface area contributed by atoms with Crippen LogP contribution in [0.15, 0.2) is 133 Å². The van der Waals surface area contributed by atoms with Crippen LogP contribution in [0.3, 0.4) is 0 Å². The van der Waals surface area contributed by atoms with Gasteiger partial charge < -0.3 is 66.8 Å². The molecule has 10 rings (SSSR count). The topological polar surface area (TPSA) is 331 Å². The van der Waals surface area contributed by atoms with Crippen molar-refractivity contribution in [2.75, 3.05) is 66.1 Å². The molecular weight excluding hydrogens is 1280 g/mol. The van der Waals surface area contributed by atoms with Crippen molar-refractivity contribution < 1.29 is 120 Å². The van der Waals surface area contributed by atoms with Gasteiger partial charge in [-0.05, 0) is 83.9 Å². The van der Waals surface area contributed by atoms with Gasteiger partial charge >= 0.3 is 23.9 Å². The normalized spacial score (nSPS) is 14.3. The molecule has 4 saturated heterocycles. The summed E-state index contributed by atoms with van der Waals surface area (Å²) in [6, 6.07) is 37.8. The Balaban J connectivity index is 0.000000185. The van der Waals surface area contributed by atoms with Gasteiger partial charge in [-0.25, -0.2) is 19.2 Å². The molecule has 4 fully saturated rings. The van der Waals surface area contributed by atoms with Crippen molar-refractivity contribution >= 4 is 65.1 Å². The number of esters is 2. The SMILES string of the molecule is CCC(=O)c1ccc(OCC(=O)O)cc1C1OCCO1.CCC(=O)c1ccc(OCC(=O)OCc2ccccc2)cc1C1OCCO1.CCC(=O)c1ccc(OCC(=O)OCc2ccccc2)cc1C=O.CCC(=O)c1ccc(OCC(=O)ON2C(=O)CCC2=O)cc1C1OCCO1. The molecule has 4 aliphatic rings. The number of hydrogen-bond donors (Lipinski definition) is 1. The van der Waals surface area contributed by atoms with Crippen molar-refractivity contribution in [2.24, 2.45) is 0 Å². The molecule has 6 aromatic carbocycles. The highest BCUT2D eigenvalue weighted by Gasteiger charge is 2.34. The summed E-state index contributed by atoms with van der Waals surface area (Å²) in [5.41, 5.74) is 5.64. The van der Waals surface area contributed by atoms with Gasteiger partial charge in [0, 0.05) is 83.0 Å². The smallest absolute Gasteiger partial charge is 0.370 e. The van der Waals surface area contributed by atoms with Crippen LogP contribution in [0.2, 0.25) is 0 Å². The Bertz CT molecular complexity index is 3730. The van der Waals surface area contributed by atoms with Gasteiger partial charge in [-0.3, -0.25) is 33.6 Å². The van der Waals surface area contributed by atoms with Gasteiger partial charge in [-0.2, -0.15) is 0 Å². The first-order valence-electron chi connectivity index (χ1n) is 31.4. The molecule has 0 bridgehead atoms. The molecular formula is C72H75NO25. The summed E-state index contributed by atoms with van der Waals surface area (Å²) in [6.45, 7) is 8.69. The van der Waals surface area contributed by atoms with E-state index in [4.69, 9.17) is 66.8 Å². The van der Waals surface area contributed by atoms with E-state index < -0.39 is 67.8 Å². The lowest BCUT2D eigenvalue weighted by atomic mass is 10.0. The highest BCUT2D eigenvalue weighted by Crippen LogP contribution is 2.34. The van der Waals surface area contributed by atoms with Gasteiger partial charge in [0.15, 0.2) is 74.7 Å². The minimum atomic E-state index is -1.06. The number of ether oxygens (including phenoxy) is 12. The summed E-state index contributed by atoms with van der Waals surface area (Å²) in [5, 5.41) is 9.07. The fourth-order valence-corrected chi connectivity index (χ4v) is 9.51. The lowest BCUT2D eigenvalue weighted by Gasteiger charge is -2.16. The lowest BCUT2D eigenvalue weighted by molar-refractivity contribution is -0.198. The van der Waals surface area contributed by atoms with Crippen molar-refractivity contribution in [1.82, 2.24) is 5.06 Å². The monoisotopic (exact) mass is 1350 g/mol. The first-order valence-corrected chi connectivity index (χ1v) is 31.4. The van der Waals surface area contributed by atoms with Crippen LogP contribution in [0, 0.1) is 0 Å². The average Bonchev–Trinajstić information content (AvgIpc) is 1.39. The number of imide groups is 1. The van der Waals surface area contributed by atoms with E-state index >= 15 is 0 Å². The number of carbonyl (C=O) groups excluding carboxylic acids is 10. The van der Waals surface area contributed by atoms with Gasteiger partial charge in [-0.1, -0.05) is 88.4 Å². The van der Waals surface area contributed by atoms with E-state index in [1.807, 2.05) is 60.7 Å². The molecule has 0 aromatic heterocycles. The van der Waals surface area contributed by atoms with Crippen molar-refractivity contribution in [2.45, 2.75) is 98.3 Å². The number of carbonyl (C=O) groups is 11. The highest BCUT2D eigenvalue weighted by molar-refractivity contribution is 6.03. The van der Waals surface area contributed by atoms with Gasteiger partial charge in [0.1, 0.15) is 36.2 Å². The molecule has 0 atom stereocenters. The summed E-state index contributed by atoms with van der Waals surface area (Å²) in [7, 11) is 0. The maximum Gasteiger partial charge on any atom is 0.370 e. The Hall–Kier alpha value is -10.3. The standard InChI is InChI=1S/C21H22O6.C19H18O5.C18H19NO8.C14H16O6/c1-2-19(22)17-9-8-16(12-18(17)21-24-10-11-25-21)26-14-20(23)27-13-15-6-4-3-5-7-15;1-2-18(21)17-9-8-16(10-15(17)11-20)23-13-19(22)24-12-14-6-4-3-5-7-14;1-2-14(20)12-4-3-11(9-13(12)18-24-7-8-25-18)26-10-17(23)27-19-15(21)5-6-16(19)22;1-2-12(15)10-4-3-9(20-8-13(16)17)7-11(10)14-18-5-6-19-14/h3-9,12,21H,2,10-11,13-14H2,1H3;3-11H,2,12-13H2,1H3;3-4,9,18H,2,5-8,10H2,1H3;3-4,7,14H,2,5-6,8H2,1H3,(H,16,17). The van der Waals surface area contributed by atoms with E-state index in [2.05, 4.69) is 0 Å². The number of aliphatic carboxylic acids is 1. The second-order valence-electron chi connectivity index (χ2n) is 21.3. The number of Topliss-reactive ketones (excluding diaryl/α,β-unsaturated/α-hetero) is 4. The second-order valence-corrected chi connectivity index (χ2v) is 21.3. The zero-order valence-corrected chi connectivity index (χ0v) is 54.4. The van der Waals surface area contributed by atoms with Crippen molar-refractivity contribution in [3.05, 3.63) is 189 Å². The number of hydrogen-bond acceptors (Lipinski definition) is 24. The van der Waals surface area contributed by atoms with Crippen LogP contribution < -0.4 is 18.9 Å². The lowest BCUT2D eigenvalue weighted by Crippen LogP contribution is -2.33. The summed E-state index contributed by atoms with van der Waals surface area (Å²) >= 11 is 0. The molecule has 0 unspecified atom stereocenters. The molecule has 2 amide bonds. The summed E-state index contributed by atoms with van der Waals surface area (Å²) in [5.74, 6) is -2.81. The number of ketones is 4. The number of hydroxylamine groups is 2. The molecule has 518 valence electrons. The Labute approximate surface area is 564 Å².